The topological polar surface area (TPSA) is 89.5 Å². The molecule has 5 nitrogen and oxygen atoms in total. The van der Waals surface area contributed by atoms with Crippen LogP contribution < -0.4 is 103 Å². The first-order chi connectivity index (χ1) is 16.4. The van der Waals surface area contributed by atoms with Gasteiger partial charge in [-0.05, 0) is 12.8 Å². The molecule has 0 aliphatic carbocycles. The molecule has 0 heterocycles. The van der Waals surface area contributed by atoms with Gasteiger partial charge >= 0.3 is 103 Å². The Morgan fingerprint density at radius 2 is 0.583 bits per heavy atom. The fourth-order valence-corrected chi connectivity index (χ4v) is 4.19. The fourth-order valence-electron chi connectivity index (χ4n) is 4.19. The van der Waals surface area contributed by atoms with Crippen molar-refractivity contribution in [3.8, 4) is 0 Å². The van der Waals surface area contributed by atoms with Crippen LogP contribution >= 0.6 is 0 Å². The van der Waals surface area contributed by atoms with E-state index in [1.165, 1.54) is 154 Å². The van der Waals surface area contributed by atoms with Crippen LogP contribution in [-0.2, 0) is 15.1 Å². The molecule has 0 aliphatic rings. The summed E-state index contributed by atoms with van der Waals surface area (Å²) < 4.78 is 39.9. The van der Waals surface area contributed by atoms with Crippen molar-refractivity contribution in [1.82, 2.24) is 0 Å². The van der Waals surface area contributed by atoms with Crippen molar-refractivity contribution < 1.29 is 125 Å². The van der Waals surface area contributed by atoms with Crippen molar-refractivity contribution in [2.24, 2.45) is 0 Å². The van der Waals surface area contributed by atoms with Gasteiger partial charge in [-0.1, -0.05) is 155 Å². The molecule has 36 heavy (non-hydrogen) atoms. The first kappa shape index (κ1) is 46.1. The minimum Gasteiger partial charge on any atom is -0.759 e. The van der Waals surface area contributed by atoms with E-state index in [0.29, 0.717) is 0 Å². The maximum atomic E-state index is 8.52. The smallest absolute Gasteiger partial charge is 0.759 e. The van der Waals surface area contributed by atoms with Crippen molar-refractivity contribution >= 4 is 10.4 Å². The zero-order valence-electron chi connectivity index (χ0n) is 24.8. The van der Waals surface area contributed by atoms with Gasteiger partial charge in [-0.3, -0.25) is 8.42 Å². The van der Waals surface area contributed by atoms with Crippen LogP contribution in [0.1, 0.15) is 168 Å². The van der Waals surface area contributed by atoms with E-state index in [0.717, 1.165) is 13.2 Å². The monoisotopic (exact) mass is 584 g/mol. The Bertz CT molecular complexity index is 431. The van der Waals surface area contributed by atoms with Gasteiger partial charge < -0.3 is 13.8 Å². The minimum absolute atomic E-state index is 0. The molecule has 0 amide bonds. The average molecular weight is 585 g/mol. The van der Waals surface area contributed by atoms with Crippen molar-refractivity contribution in [3.05, 3.63) is 0 Å². The Hall–Kier alpha value is 3.10. The molecule has 0 unspecified atom stereocenters. The molecule has 0 saturated heterocycles. The summed E-state index contributed by atoms with van der Waals surface area (Å²) in [6, 6.07) is 0. The molecule has 0 N–H and O–H groups in total. The second-order valence-corrected chi connectivity index (χ2v) is 10.6. The second-order valence-electron chi connectivity index (χ2n) is 9.80. The quantitative estimate of drug-likeness (QED) is 0.0675. The number of ether oxygens (including phenoxy) is 1. The summed E-state index contributed by atoms with van der Waals surface area (Å²) in [5, 5.41) is 0. The molecule has 0 rings (SSSR count). The van der Waals surface area contributed by atoms with E-state index < -0.39 is 10.4 Å². The third kappa shape index (κ3) is 57.1. The first-order valence-electron chi connectivity index (χ1n) is 14.7. The number of hydrogen-bond donors (Lipinski definition) is 0. The van der Waals surface area contributed by atoms with Crippen LogP contribution in [0.25, 0.3) is 0 Å². The van der Waals surface area contributed by atoms with E-state index in [1.54, 1.807) is 0 Å². The van der Waals surface area contributed by atoms with Crippen LogP contribution in [0, 0.1) is 0 Å². The van der Waals surface area contributed by atoms with Gasteiger partial charge in [-0.2, -0.15) is 0 Å². The number of rotatable bonds is 26. The van der Waals surface area contributed by atoms with E-state index in [9.17, 15) is 0 Å². The van der Waals surface area contributed by atoms with Crippen molar-refractivity contribution in [3.63, 3.8) is 0 Å². The molecule has 0 aromatic heterocycles. The molecule has 0 atom stereocenters. The van der Waals surface area contributed by atoms with Crippen LogP contribution in [0.15, 0.2) is 0 Å². The van der Waals surface area contributed by atoms with Gasteiger partial charge in [-0.25, -0.2) is 0 Å². The molecule has 0 spiro atoms. The SMILES string of the molecule is CCCCCCCCCCCCCCOCCCCCCCCCCCCCC.O=S(=O)([O-])[O-].[K+].[K+]. The van der Waals surface area contributed by atoms with Gasteiger partial charge in [0.1, 0.15) is 0 Å². The molecule has 0 radical (unpaired) electrons. The summed E-state index contributed by atoms with van der Waals surface area (Å²) >= 11 is 0. The maximum absolute atomic E-state index is 8.52. The predicted octanol–water partition coefficient (Wildman–Crippen LogP) is 3.08. The van der Waals surface area contributed by atoms with E-state index in [-0.39, 0.29) is 103 Å². The Morgan fingerprint density at radius 3 is 0.778 bits per heavy atom. The Morgan fingerprint density at radius 1 is 0.417 bits per heavy atom. The van der Waals surface area contributed by atoms with E-state index in [2.05, 4.69) is 13.8 Å². The van der Waals surface area contributed by atoms with Gasteiger partial charge in [0.15, 0.2) is 0 Å². The summed E-state index contributed by atoms with van der Waals surface area (Å²) in [7, 11) is -5.17. The first-order valence-corrected chi connectivity index (χ1v) is 16.0. The van der Waals surface area contributed by atoms with Gasteiger partial charge in [0, 0.05) is 23.6 Å². The zero-order valence-corrected chi connectivity index (χ0v) is 31.9. The average Bonchev–Trinajstić information content (AvgIpc) is 2.78. The minimum atomic E-state index is -5.17. The molecular formula is C28H58K2O5S. The summed E-state index contributed by atoms with van der Waals surface area (Å²) in [5.74, 6) is 0. The molecule has 0 bridgehead atoms. The summed E-state index contributed by atoms with van der Waals surface area (Å²) in [5.41, 5.74) is 0. The molecule has 0 aromatic rings. The Balaban J connectivity index is -0.000000661. The third-order valence-electron chi connectivity index (χ3n) is 6.28. The number of unbranched alkanes of at least 4 members (excludes halogenated alkanes) is 22. The molecule has 0 saturated carbocycles. The van der Waals surface area contributed by atoms with Crippen molar-refractivity contribution in [2.45, 2.75) is 168 Å². The van der Waals surface area contributed by atoms with Gasteiger partial charge in [0.05, 0.1) is 0 Å². The van der Waals surface area contributed by atoms with E-state index in [4.69, 9.17) is 22.3 Å². The van der Waals surface area contributed by atoms with Crippen molar-refractivity contribution in [1.29, 1.82) is 0 Å². The number of hydrogen-bond acceptors (Lipinski definition) is 5. The molecule has 0 aliphatic heterocycles. The summed E-state index contributed by atoms with van der Waals surface area (Å²) in [6.07, 6.45) is 34.1. The molecule has 0 aromatic carbocycles. The standard InChI is InChI=1S/C28H58O.2K.H2O4S/c1-3-5-7-9-11-13-15-17-19-21-23-25-27-29-28-26-24-22-20-18-16-14-12-10-8-6-4-2;;;1-5(2,3)4/h3-28H2,1-2H3;;;(H2,1,2,3,4)/q;2*+1;/p-2. The van der Waals surface area contributed by atoms with E-state index in [1.807, 2.05) is 0 Å². The predicted molar refractivity (Wildman–Crippen MR) is 143 cm³/mol. The molecule has 208 valence electrons. The third-order valence-corrected chi connectivity index (χ3v) is 6.28. The molecule has 0 fully saturated rings. The van der Waals surface area contributed by atoms with E-state index >= 15 is 0 Å². The Kier molecular flexibility index (Phi) is 51.5. The van der Waals surface area contributed by atoms with Gasteiger partial charge in [-0.15, -0.1) is 0 Å². The van der Waals surface area contributed by atoms with Crippen LogP contribution in [-0.4, -0.2) is 30.7 Å². The summed E-state index contributed by atoms with van der Waals surface area (Å²) in [6.45, 7) is 6.58. The van der Waals surface area contributed by atoms with Crippen LogP contribution in [0.2, 0.25) is 0 Å². The van der Waals surface area contributed by atoms with Crippen molar-refractivity contribution in [2.75, 3.05) is 13.2 Å². The van der Waals surface area contributed by atoms with Crippen LogP contribution in [0.4, 0.5) is 0 Å². The second kappa shape index (κ2) is 40.2. The van der Waals surface area contributed by atoms with Crippen LogP contribution in [0.5, 0.6) is 0 Å². The van der Waals surface area contributed by atoms with Crippen LogP contribution in [0.3, 0.4) is 0 Å². The van der Waals surface area contributed by atoms with Gasteiger partial charge in [0.2, 0.25) is 0 Å². The normalized spacial score (nSPS) is 10.8. The molecule has 8 heteroatoms. The zero-order chi connectivity index (χ0) is 25.6. The van der Waals surface area contributed by atoms with Gasteiger partial charge in [0.25, 0.3) is 0 Å². The molecular weight excluding hydrogens is 527 g/mol. The summed E-state index contributed by atoms with van der Waals surface area (Å²) in [4.78, 5) is 0. The largest absolute Gasteiger partial charge is 1.00 e. The fraction of sp³-hybridized carbons (Fsp3) is 1.00. The maximum Gasteiger partial charge on any atom is 1.00 e. The Labute approximate surface area is 311 Å².